The molecule has 0 radical (unpaired) electrons. The molecule has 4 rings (SSSR count). The Morgan fingerprint density at radius 3 is 2.16 bits per heavy atom. The van der Waals surface area contributed by atoms with Gasteiger partial charge in [0.25, 0.3) is 5.56 Å². The van der Waals surface area contributed by atoms with Crippen LogP contribution in [0.3, 0.4) is 0 Å². The van der Waals surface area contributed by atoms with E-state index >= 15 is 0 Å². The van der Waals surface area contributed by atoms with E-state index in [-0.39, 0.29) is 29.8 Å². The largest absolute Gasteiger partial charge is 0.310 e. The summed E-state index contributed by atoms with van der Waals surface area (Å²) in [4.78, 5) is 32.5. The highest BCUT2D eigenvalue weighted by Crippen LogP contribution is 2.28. The number of hydrogen-bond acceptors (Lipinski definition) is 4. The molecule has 0 saturated heterocycles. The van der Waals surface area contributed by atoms with Crippen molar-refractivity contribution in [3.05, 3.63) is 105 Å². The van der Waals surface area contributed by atoms with Gasteiger partial charge in [-0.3, -0.25) is 14.6 Å². The van der Waals surface area contributed by atoms with Crippen molar-refractivity contribution in [2.24, 2.45) is 0 Å². The van der Waals surface area contributed by atoms with E-state index in [1.54, 1.807) is 19.9 Å². The molecule has 2 heterocycles. The molecule has 0 aliphatic rings. The minimum absolute atomic E-state index is 0.0885. The fourth-order valence-electron chi connectivity index (χ4n) is 3.66. The zero-order valence-electron chi connectivity index (χ0n) is 18.3. The molecule has 7 heteroatoms. The number of hydrogen-bond donors (Lipinski definition) is 2. The van der Waals surface area contributed by atoms with Crippen LogP contribution in [0, 0.1) is 20.8 Å². The highest BCUT2D eigenvalue weighted by Gasteiger charge is 2.20. The van der Waals surface area contributed by atoms with Crippen LogP contribution < -0.4 is 10.9 Å². The van der Waals surface area contributed by atoms with Crippen LogP contribution in [-0.2, 0) is 4.79 Å². The fourth-order valence-corrected chi connectivity index (χ4v) is 3.66. The lowest BCUT2D eigenvalue weighted by Gasteiger charge is -2.18. The second kappa shape index (κ2) is 9.01. The third kappa shape index (κ3) is 4.51. The average molecular weight is 428 g/mol. The summed E-state index contributed by atoms with van der Waals surface area (Å²) in [5.74, 6) is 0.479. The van der Waals surface area contributed by atoms with Gasteiger partial charge in [0.15, 0.2) is 0 Å². The summed E-state index contributed by atoms with van der Waals surface area (Å²) in [6, 6.07) is 21.7. The minimum atomic E-state index is -0.230. The van der Waals surface area contributed by atoms with Crippen molar-refractivity contribution in [1.82, 2.24) is 19.7 Å². The van der Waals surface area contributed by atoms with E-state index in [1.165, 1.54) is 4.68 Å². The number of nitrogens with zero attached hydrogens (tertiary/aromatic N) is 3. The van der Waals surface area contributed by atoms with Crippen molar-refractivity contribution in [3.63, 3.8) is 0 Å². The first kappa shape index (κ1) is 21.2. The van der Waals surface area contributed by atoms with Crippen molar-refractivity contribution in [2.75, 3.05) is 5.32 Å². The molecule has 0 fully saturated rings. The molecule has 0 saturated carbocycles. The highest BCUT2D eigenvalue weighted by molar-refractivity contribution is 5.91. The number of H-pyrrole nitrogens is 1. The Kier molecular flexibility index (Phi) is 5.98. The van der Waals surface area contributed by atoms with Crippen LogP contribution in [-0.4, -0.2) is 25.7 Å². The molecular formula is C25H25N5O2. The van der Waals surface area contributed by atoms with Crippen LogP contribution in [0.2, 0.25) is 0 Å². The predicted octanol–water partition coefficient (Wildman–Crippen LogP) is 4.04. The average Bonchev–Trinajstić information content (AvgIpc) is 3.16. The van der Waals surface area contributed by atoms with Crippen molar-refractivity contribution < 1.29 is 4.79 Å². The van der Waals surface area contributed by atoms with Crippen LogP contribution >= 0.6 is 0 Å². The van der Waals surface area contributed by atoms with Crippen LogP contribution in [0.5, 0.6) is 0 Å². The number of aromatic nitrogens is 4. The van der Waals surface area contributed by atoms with Crippen molar-refractivity contribution in [2.45, 2.75) is 33.1 Å². The van der Waals surface area contributed by atoms with E-state index in [9.17, 15) is 9.59 Å². The lowest BCUT2D eigenvalue weighted by Crippen LogP contribution is -2.21. The second-order valence-corrected chi connectivity index (χ2v) is 7.81. The van der Waals surface area contributed by atoms with Crippen molar-refractivity contribution in [1.29, 1.82) is 0 Å². The molecule has 162 valence electrons. The highest BCUT2D eigenvalue weighted by atomic mass is 16.1. The number of rotatable bonds is 6. The predicted molar refractivity (Wildman–Crippen MR) is 124 cm³/mol. The molecule has 0 unspecified atom stereocenters. The third-order valence-electron chi connectivity index (χ3n) is 5.48. The summed E-state index contributed by atoms with van der Waals surface area (Å²) in [6.07, 6.45) is 0.259. The minimum Gasteiger partial charge on any atom is -0.310 e. The zero-order chi connectivity index (χ0) is 22.7. The van der Waals surface area contributed by atoms with Gasteiger partial charge >= 0.3 is 0 Å². The van der Waals surface area contributed by atoms with E-state index in [0.29, 0.717) is 22.8 Å². The number of anilines is 1. The Hall–Kier alpha value is -4.00. The molecule has 0 bridgehead atoms. The van der Waals surface area contributed by atoms with E-state index in [0.717, 1.165) is 11.1 Å². The van der Waals surface area contributed by atoms with Gasteiger partial charge in [-0.2, -0.15) is 9.78 Å². The zero-order valence-corrected chi connectivity index (χ0v) is 18.3. The number of benzene rings is 2. The number of carbonyl (C=O) groups is 1. The van der Waals surface area contributed by atoms with E-state index in [1.807, 2.05) is 67.6 Å². The Morgan fingerprint density at radius 1 is 1.00 bits per heavy atom. The van der Waals surface area contributed by atoms with Gasteiger partial charge in [0.1, 0.15) is 5.82 Å². The summed E-state index contributed by atoms with van der Waals surface area (Å²) in [6.45, 7) is 5.31. The Labute approximate surface area is 186 Å². The number of amides is 1. The van der Waals surface area contributed by atoms with Gasteiger partial charge in [-0.25, -0.2) is 4.98 Å². The van der Waals surface area contributed by atoms with Crippen molar-refractivity contribution >= 4 is 11.7 Å². The molecule has 4 aromatic rings. The first-order chi connectivity index (χ1) is 15.4. The van der Waals surface area contributed by atoms with Gasteiger partial charge < -0.3 is 5.32 Å². The second-order valence-electron chi connectivity index (χ2n) is 7.81. The standard InChI is InChI=1S/C25H25N5O2/c1-16-14-22(30(29-16)25-26-18(3)17(2)24(32)28-25)27-23(31)15-21(19-10-6-4-7-11-19)20-12-8-5-9-13-20/h4-14,21H,15H2,1-3H3,(H,27,31)(H,26,28,32). The van der Waals surface area contributed by atoms with Gasteiger partial charge in [0, 0.05) is 29.7 Å². The smallest absolute Gasteiger partial charge is 0.255 e. The SMILES string of the molecule is Cc1cc(NC(=O)CC(c2ccccc2)c2ccccc2)n(-c2nc(C)c(C)c(=O)[nH]2)n1. The first-order valence-electron chi connectivity index (χ1n) is 10.5. The molecule has 2 aromatic heterocycles. The van der Waals surface area contributed by atoms with Crippen LogP contribution in [0.1, 0.15) is 40.4 Å². The van der Waals surface area contributed by atoms with Crippen LogP contribution in [0.15, 0.2) is 71.5 Å². The summed E-state index contributed by atoms with van der Waals surface area (Å²) >= 11 is 0. The molecule has 0 aliphatic carbocycles. The lowest BCUT2D eigenvalue weighted by atomic mass is 9.88. The first-order valence-corrected chi connectivity index (χ1v) is 10.5. The van der Waals surface area contributed by atoms with Gasteiger partial charge in [0.05, 0.1) is 5.69 Å². The third-order valence-corrected chi connectivity index (χ3v) is 5.48. The molecule has 32 heavy (non-hydrogen) atoms. The monoisotopic (exact) mass is 427 g/mol. The Morgan fingerprint density at radius 2 is 1.59 bits per heavy atom. The quantitative estimate of drug-likeness (QED) is 0.486. The maximum atomic E-state index is 13.1. The maximum Gasteiger partial charge on any atom is 0.255 e. The van der Waals surface area contributed by atoms with Gasteiger partial charge in [-0.05, 0) is 31.9 Å². The summed E-state index contributed by atoms with van der Waals surface area (Å²) in [5, 5.41) is 7.36. The van der Waals surface area contributed by atoms with Gasteiger partial charge in [-0.1, -0.05) is 60.7 Å². The molecule has 7 nitrogen and oxygen atoms in total. The maximum absolute atomic E-state index is 13.1. The molecule has 0 atom stereocenters. The number of carbonyl (C=O) groups excluding carboxylic acids is 1. The molecule has 2 aromatic carbocycles. The lowest BCUT2D eigenvalue weighted by molar-refractivity contribution is -0.116. The fraction of sp³-hybridized carbons (Fsp3) is 0.200. The van der Waals surface area contributed by atoms with Gasteiger partial charge in [0.2, 0.25) is 11.9 Å². The molecule has 2 N–H and O–H groups in total. The van der Waals surface area contributed by atoms with E-state index in [4.69, 9.17) is 0 Å². The Balaban J connectivity index is 1.62. The number of aromatic amines is 1. The van der Waals surface area contributed by atoms with E-state index in [2.05, 4.69) is 20.4 Å². The Bertz CT molecular complexity index is 1250. The topological polar surface area (TPSA) is 92.7 Å². The molecule has 0 spiro atoms. The normalized spacial score (nSPS) is 11.0. The van der Waals surface area contributed by atoms with E-state index < -0.39 is 0 Å². The summed E-state index contributed by atoms with van der Waals surface area (Å²) in [5.41, 5.74) is 3.77. The number of aryl methyl sites for hydroxylation is 2. The van der Waals surface area contributed by atoms with Crippen LogP contribution in [0.25, 0.3) is 5.95 Å². The number of nitrogens with one attached hydrogen (secondary N) is 2. The summed E-state index contributed by atoms with van der Waals surface area (Å²) < 4.78 is 1.46. The van der Waals surface area contributed by atoms with Gasteiger partial charge in [-0.15, -0.1) is 0 Å². The molecule has 0 aliphatic heterocycles. The van der Waals surface area contributed by atoms with Crippen LogP contribution in [0.4, 0.5) is 5.82 Å². The molecule has 1 amide bonds. The molecular weight excluding hydrogens is 402 g/mol. The summed E-state index contributed by atoms with van der Waals surface area (Å²) in [7, 11) is 0. The van der Waals surface area contributed by atoms with Crippen molar-refractivity contribution in [3.8, 4) is 5.95 Å².